The molecule has 1 aliphatic rings. The minimum absolute atomic E-state index is 0. The fourth-order valence-corrected chi connectivity index (χ4v) is 2.80. The summed E-state index contributed by atoms with van der Waals surface area (Å²) < 4.78 is 13.0. The molecule has 0 spiro atoms. The summed E-state index contributed by atoms with van der Waals surface area (Å²) in [4.78, 5) is 20.4. The van der Waals surface area contributed by atoms with E-state index in [9.17, 15) is 9.18 Å². The number of hydrogen-bond acceptors (Lipinski definition) is 3. The molecular weight excluding hydrogens is 448 g/mol. The second-order valence-corrected chi connectivity index (χ2v) is 6.02. The molecule has 0 saturated carbocycles. The summed E-state index contributed by atoms with van der Waals surface area (Å²) in [6.45, 7) is 6.69. The molecule has 0 atom stereocenters. The van der Waals surface area contributed by atoms with Crippen molar-refractivity contribution >= 4 is 41.5 Å². The van der Waals surface area contributed by atoms with Crippen LogP contribution in [-0.4, -0.2) is 63.1 Å². The van der Waals surface area contributed by atoms with Crippen molar-refractivity contribution in [3.8, 4) is 0 Å². The fraction of sp³-hybridized carbons (Fsp3) is 0.556. The van der Waals surface area contributed by atoms with Crippen molar-refractivity contribution in [2.75, 3.05) is 51.2 Å². The van der Waals surface area contributed by atoms with Gasteiger partial charge in [0.25, 0.3) is 0 Å². The minimum atomic E-state index is -0.213. The van der Waals surface area contributed by atoms with E-state index in [0.717, 1.165) is 50.8 Å². The third-order valence-corrected chi connectivity index (χ3v) is 4.19. The number of carbonyl (C=O) groups excluding carboxylic acids is 1. The van der Waals surface area contributed by atoms with Crippen LogP contribution in [0.1, 0.15) is 19.8 Å². The third-order valence-electron chi connectivity index (χ3n) is 4.19. The van der Waals surface area contributed by atoms with E-state index in [1.54, 1.807) is 7.05 Å². The maximum atomic E-state index is 13.0. The number of amides is 1. The van der Waals surface area contributed by atoms with Crippen LogP contribution in [0, 0.1) is 5.82 Å². The van der Waals surface area contributed by atoms with Gasteiger partial charge >= 0.3 is 0 Å². The molecule has 1 fully saturated rings. The highest BCUT2D eigenvalue weighted by atomic mass is 127. The number of rotatable bonds is 6. The van der Waals surface area contributed by atoms with E-state index < -0.39 is 0 Å². The topological polar surface area (TPSA) is 60.0 Å². The number of nitrogens with zero attached hydrogens (tertiary/aromatic N) is 3. The maximum absolute atomic E-state index is 13.0. The van der Waals surface area contributed by atoms with Gasteiger partial charge in [0.2, 0.25) is 5.91 Å². The predicted octanol–water partition coefficient (Wildman–Crippen LogP) is 2.06. The van der Waals surface area contributed by atoms with Gasteiger partial charge in [-0.1, -0.05) is 6.92 Å². The summed E-state index contributed by atoms with van der Waals surface area (Å²) in [6.07, 6.45) is 1.38. The molecule has 146 valence electrons. The van der Waals surface area contributed by atoms with Crippen LogP contribution in [0.15, 0.2) is 29.3 Å². The molecule has 0 aromatic heterocycles. The molecular formula is C18H29FIN5O. The quantitative estimate of drug-likeness (QED) is 0.374. The zero-order valence-electron chi connectivity index (χ0n) is 15.5. The maximum Gasteiger partial charge on any atom is 0.221 e. The molecule has 6 nitrogen and oxygen atoms in total. The number of aliphatic imine (C=N–C) groups is 1. The van der Waals surface area contributed by atoms with Crippen molar-refractivity contribution in [2.24, 2.45) is 4.99 Å². The number of halogens is 2. The van der Waals surface area contributed by atoms with E-state index in [0.29, 0.717) is 13.0 Å². The standard InChI is InChI=1S/C18H28FN5O.HI/c1-3-9-21-17(25)8-10-22-18(20-2)24-13-11-23(12-14-24)16-6-4-15(19)5-7-16;/h4-7H,3,8-14H2,1-2H3,(H,20,22)(H,21,25);1H. The molecule has 2 N–H and O–H groups in total. The van der Waals surface area contributed by atoms with Crippen molar-refractivity contribution in [3.05, 3.63) is 30.1 Å². The van der Waals surface area contributed by atoms with Gasteiger partial charge in [-0.2, -0.15) is 0 Å². The molecule has 1 aromatic carbocycles. The highest BCUT2D eigenvalue weighted by molar-refractivity contribution is 14.0. The van der Waals surface area contributed by atoms with E-state index in [-0.39, 0.29) is 35.7 Å². The average Bonchev–Trinajstić information content (AvgIpc) is 2.64. The molecule has 1 amide bonds. The molecule has 8 heteroatoms. The van der Waals surface area contributed by atoms with Gasteiger partial charge in [0.05, 0.1) is 0 Å². The van der Waals surface area contributed by atoms with Crippen LogP contribution in [0.4, 0.5) is 10.1 Å². The van der Waals surface area contributed by atoms with Crippen LogP contribution in [0.2, 0.25) is 0 Å². The highest BCUT2D eigenvalue weighted by Crippen LogP contribution is 2.16. The lowest BCUT2D eigenvalue weighted by Gasteiger charge is -2.37. The molecule has 1 heterocycles. The zero-order chi connectivity index (χ0) is 18.1. The first-order valence-electron chi connectivity index (χ1n) is 8.87. The van der Waals surface area contributed by atoms with Crippen molar-refractivity contribution < 1.29 is 9.18 Å². The van der Waals surface area contributed by atoms with Crippen LogP contribution in [-0.2, 0) is 4.79 Å². The predicted molar refractivity (Wildman–Crippen MR) is 115 cm³/mol. The van der Waals surface area contributed by atoms with Crippen LogP contribution < -0.4 is 15.5 Å². The number of nitrogens with one attached hydrogen (secondary N) is 2. The van der Waals surface area contributed by atoms with E-state index in [1.165, 1.54) is 12.1 Å². The normalized spacial score (nSPS) is 14.7. The number of piperazine rings is 1. The van der Waals surface area contributed by atoms with Crippen LogP contribution in [0.3, 0.4) is 0 Å². The number of hydrogen-bond donors (Lipinski definition) is 2. The summed E-state index contributed by atoms with van der Waals surface area (Å²) in [5, 5.41) is 6.12. The van der Waals surface area contributed by atoms with Crippen molar-refractivity contribution in [3.63, 3.8) is 0 Å². The van der Waals surface area contributed by atoms with E-state index in [4.69, 9.17) is 0 Å². The zero-order valence-corrected chi connectivity index (χ0v) is 17.8. The third kappa shape index (κ3) is 6.97. The number of carbonyl (C=O) groups is 1. The van der Waals surface area contributed by atoms with Gasteiger partial charge in [-0.25, -0.2) is 4.39 Å². The molecule has 2 rings (SSSR count). The van der Waals surface area contributed by atoms with Gasteiger partial charge in [-0.3, -0.25) is 9.79 Å². The van der Waals surface area contributed by atoms with Gasteiger partial charge in [-0.05, 0) is 30.7 Å². The molecule has 0 radical (unpaired) electrons. The molecule has 0 bridgehead atoms. The summed E-state index contributed by atoms with van der Waals surface area (Å²) in [5.74, 6) is 0.669. The Morgan fingerprint density at radius 2 is 1.77 bits per heavy atom. The average molecular weight is 477 g/mol. The van der Waals surface area contributed by atoms with Gasteiger partial charge in [0.15, 0.2) is 5.96 Å². The molecule has 26 heavy (non-hydrogen) atoms. The van der Waals surface area contributed by atoms with Gasteiger partial charge in [0, 0.05) is 58.4 Å². The molecule has 1 aromatic rings. The first-order chi connectivity index (χ1) is 12.1. The summed E-state index contributed by atoms with van der Waals surface area (Å²) in [6, 6.07) is 6.61. The van der Waals surface area contributed by atoms with Crippen molar-refractivity contribution in [1.82, 2.24) is 15.5 Å². The Hall–Kier alpha value is -1.58. The lowest BCUT2D eigenvalue weighted by molar-refractivity contribution is -0.120. The summed E-state index contributed by atoms with van der Waals surface area (Å²) in [5.41, 5.74) is 1.04. The SMILES string of the molecule is CCCNC(=O)CCNC(=NC)N1CCN(c2ccc(F)cc2)CC1.I. The van der Waals surface area contributed by atoms with Crippen molar-refractivity contribution in [1.29, 1.82) is 0 Å². The van der Waals surface area contributed by atoms with Crippen LogP contribution in [0.5, 0.6) is 0 Å². The van der Waals surface area contributed by atoms with E-state index >= 15 is 0 Å². The molecule has 0 aliphatic carbocycles. The van der Waals surface area contributed by atoms with E-state index in [1.807, 2.05) is 19.1 Å². The van der Waals surface area contributed by atoms with Gasteiger partial charge in [0.1, 0.15) is 5.82 Å². The monoisotopic (exact) mass is 477 g/mol. The second-order valence-electron chi connectivity index (χ2n) is 6.02. The Balaban J connectivity index is 0.00000338. The molecule has 1 saturated heterocycles. The first kappa shape index (κ1) is 22.5. The van der Waals surface area contributed by atoms with Gasteiger partial charge in [-0.15, -0.1) is 24.0 Å². The Morgan fingerprint density at radius 3 is 2.35 bits per heavy atom. The number of benzene rings is 1. The second kappa shape index (κ2) is 11.9. The smallest absolute Gasteiger partial charge is 0.221 e. The highest BCUT2D eigenvalue weighted by Gasteiger charge is 2.19. The van der Waals surface area contributed by atoms with Crippen molar-refractivity contribution in [2.45, 2.75) is 19.8 Å². The van der Waals surface area contributed by atoms with Crippen LogP contribution >= 0.6 is 24.0 Å². The Morgan fingerprint density at radius 1 is 1.12 bits per heavy atom. The first-order valence-corrected chi connectivity index (χ1v) is 8.87. The number of anilines is 1. The van der Waals surface area contributed by atoms with E-state index in [2.05, 4.69) is 25.4 Å². The van der Waals surface area contributed by atoms with Crippen LogP contribution in [0.25, 0.3) is 0 Å². The summed E-state index contributed by atoms with van der Waals surface area (Å²) >= 11 is 0. The van der Waals surface area contributed by atoms with Gasteiger partial charge < -0.3 is 20.4 Å². The molecule has 1 aliphatic heterocycles. The fourth-order valence-electron chi connectivity index (χ4n) is 2.80. The Labute approximate surface area is 172 Å². The Bertz CT molecular complexity index is 573. The molecule has 0 unspecified atom stereocenters. The summed E-state index contributed by atoms with van der Waals surface area (Å²) in [7, 11) is 1.76. The minimum Gasteiger partial charge on any atom is -0.368 e. The lowest BCUT2D eigenvalue weighted by atomic mass is 10.2. The lowest BCUT2D eigenvalue weighted by Crippen LogP contribution is -2.52. The number of guanidine groups is 1. The largest absolute Gasteiger partial charge is 0.368 e. The Kier molecular flexibility index (Phi) is 10.3.